The third-order valence-corrected chi connectivity index (χ3v) is 6.18. The van der Waals surface area contributed by atoms with E-state index in [9.17, 15) is 9.90 Å². The Morgan fingerprint density at radius 2 is 2.16 bits per heavy atom. The number of amides is 1. The van der Waals surface area contributed by atoms with Crippen molar-refractivity contribution >= 4 is 17.5 Å². The first-order chi connectivity index (χ1) is 14.9. The fourth-order valence-electron chi connectivity index (χ4n) is 4.17. The molecule has 2 aromatic heterocycles. The van der Waals surface area contributed by atoms with Crippen LogP contribution in [0.3, 0.4) is 0 Å². The van der Waals surface area contributed by atoms with Crippen LogP contribution in [0.15, 0.2) is 47.1 Å². The van der Waals surface area contributed by atoms with Gasteiger partial charge in [-0.1, -0.05) is 54.0 Å². The molecule has 1 amide bonds. The van der Waals surface area contributed by atoms with Crippen LogP contribution in [0, 0.1) is 0 Å². The Labute approximate surface area is 185 Å². The molecule has 4 rings (SSSR count). The Hall–Kier alpha value is -2.68. The Bertz CT molecular complexity index is 1030. The van der Waals surface area contributed by atoms with Crippen LogP contribution in [0.1, 0.15) is 40.9 Å². The van der Waals surface area contributed by atoms with E-state index in [2.05, 4.69) is 20.5 Å². The van der Waals surface area contributed by atoms with Gasteiger partial charge in [-0.15, -0.1) is 0 Å². The van der Waals surface area contributed by atoms with Gasteiger partial charge in [-0.2, -0.15) is 5.10 Å². The van der Waals surface area contributed by atoms with E-state index in [1.807, 2.05) is 43.3 Å². The summed E-state index contributed by atoms with van der Waals surface area (Å²) in [6.45, 7) is 3.61. The van der Waals surface area contributed by atoms with Gasteiger partial charge in [0.25, 0.3) is 5.91 Å². The number of nitrogens with zero attached hydrogens (tertiary/aromatic N) is 4. The first-order valence-electron chi connectivity index (χ1n) is 10.3. The summed E-state index contributed by atoms with van der Waals surface area (Å²) in [6.07, 6.45) is 1.93. The van der Waals surface area contributed by atoms with E-state index in [0.717, 1.165) is 23.4 Å². The normalized spacial score (nSPS) is 21.9. The first kappa shape index (κ1) is 21.5. The van der Waals surface area contributed by atoms with Gasteiger partial charge in [-0.05, 0) is 18.4 Å². The number of β-amino-alcohol motifs (C(OH)–C–C–N with tert-alkyl or cyclic N) is 1. The molecule has 1 aliphatic rings. The number of rotatable bonds is 6. The molecule has 0 bridgehead atoms. The van der Waals surface area contributed by atoms with Crippen LogP contribution in [-0.2, 0) is 25.6 Å². The average molecular weight is 444 g/mol. The van der Waals surface area contributed by atoms with Gasteiger partial charge in [-0.25, -0.2) is 0 Å². The molecule has 2 N–H and O–H groups in total. The largest absolute Gasteiger partial charge is 0.389 e. The highest BCUT2D eigenvalue weighted by Crippen LogP contribution is 2.34. The average Bonchev–Trinajstić information content (AvgIpc) is 3.36. The lowest BCUT2D eigenvalue weighted by molar-refractivity contribution is -0.0202. The van der Waals surface area contributed by atoms with Crippen LogP contribution in [0.5, 0.6) is 0 Å². The van der Waals surface area contributed by atoms with Gasteiger partial charge in [0.05, 0.1) is 35.1 Å². The lowest BCUT2D eigenvalue weighted by Gasteiger charge is -2.46. The second-order valence-electron chi connectivity index (χ2n) is 7.90. The Kier molecular flexibility index (Phi) is 6.13. The van der Waals surface area contributed by atoms with Crippen LogP contribution < -0.4 is 5.32 Å². The molecule has 1 aliphatic heterocycles. The van der Waals surface area contributed by atoms with E-state index in [1.54, 1.807) is 7.05 Å². The van der Waals surface area contributed by atoms with Crippen molar-refractivity contribution in [3.63, 3.8) is 0 Å². The molecule has 1 fully saturated rings. The maximum atomic E-state index is 13.1. The van der Waals surface area contributed by atoms with Crippen molar-refractivity contribution in [3.05, 3.63) is 70.3 Å². The Morgan fingerprint density at radius 3 is 2.77 bits per heavy atom. The molecule has 3 heterocycles. The van der Waals surface area contributed by atoms with Gasteiger partial charge < -0.3 is 14.9 Å². The van der Waals surface area contributed by atoms with E-state index in [-0.39, 0.29) is 16.6 Å². The first-order valence-corrected chi connectivity index (χ1v) is 10.7. The molecule has 1 aromatic carbocycles. The lowest BCUT2D eigenvalue weighted by Crippen LogP contribution is -2.61. The zero-order chi connectivity index (χ0) is 22.0. The molecule has 0 saturated carbocycles. The zero-order valence-electron chi connectivity index (χ0n) is 17.6. The summed E-state index contributed by atoms with van der Waals surface area (Å²) in [4.78, 5) is 15.2. The molecule has 0 aliphatic carbocycles. The number of hydrogen-bond donors (Lipinski definition) is 2. The third-order valence-electron chi connectivity index (χ3n) is 5.91. The van der Waals surface area contributed by atoms with Crippen molar-refractivity contribution in [2.45, 2.75) is 38.0 Å². The summed E-state index contributed by atoms with van der Waals surface area (Å²) in [6, 6.07) is 11.5. The van der Waals surface area contributed by atoms with Crippen LogP contribution in [0.25, 0.3) is 0 Å². The molecule has 0 unspecified atom stereocenters. The number of hydrogen-bond acceptors (Lipinski definition) is 6. The molecule has 1 saturated heterocycles. The summed E-state index contributed by atoms with van der Waals surface area (Å²) >= 11 is 6.18. The predicted octanol–water partition coefficient (Wildman–Crippen LogP) is 2.52. The van der Waals surface area contributed by atoms with Gasteiger partial charge >= 0.3 is 0 Å². The number of nitrogens with one attached hydrogen (secondary N) is 1. The highest BCUT2D eigenvalue weighted by molar-refractivity contribution is 6.33. The van der Waals surface area contributed by atoms with E-state index in [0.29, 0.717) is 26.1 Å². The molecule has 9 heteroatoms. The molecule has 0 radical (unpaired) electrons. The minimum Gasteiger partial charge on any atom is -0.389 e. The molecule has 2 atom stereocenters. The second kappa shape index (κ2) is 8.82. The number of aliphatic hydroxyl groups excluding tert-OH is 1. The summed E-state index contributed by atoms with van der Waals surface area (Å²) < 4.78 is 6.84. The Balaban J connectivity index is 1.58. The zero-order valence-corrected chi connectivity index (χ0v) is 18.3. The maximum Gasteiger partial charge on any atom is 0.271 e. The van der Waals surface area contributed by atoms with Crippen LogP contribution in [0.4, 0.5) is 0 Å². The number of piperidine rings is 1. The van der Waals surface area contributed by atoms with Gasteiger partial charge in [0.2, 0.25) is 0 Å². The number of carbonyl (C=O) groups excluding carboxylic acids is 1. The number of benzene rings is 1. The quantitative estimate of drug-likeness (QED) is 0.607. The number of aliphatic hydroxyl groups is 1. The highest BCUT2D eigenvalue weighted by atomic mass is 35.5. The molecule has 0 spiro atoms. The second-order valence-corrected chi connectivity index (χ2v) is 8.30. The van der Waals surface area contributed by atoms with Crippen molar-refractivity contribution in [1.29, 1.82) is 0 Å². The van der Waals surface area contributed by atoms with Gasteiger partial charge in [-0.3, -0.25) is 14.4 Å². The van der Waals surface area contributed by atoms with Gasteiger partial charge in [0.1, 0.15) is 5.69 Å². The van der Waals surface area contributed by atoms with Gasteiger partial charge in [0, 0.05) is 26.2 Å². The standard InChI is InChI=1S/C22H26ClN5O3/c1-3-16-11-17(31-26-16)13-28-10-9-22(19(29)14-28,15-7-5-4-6-8-15)25-21(30)20-18(23)12-24-27(20)2/h4-8,11-12,19,29H,3,9-10,13-14H2,1-2H3,(H,25,30)/t19-,22+/m1/s1. The number of aromatic nitrogens is 3. The van der Waals surface area contributed by atoms with Crippen LogP contribution in [-0.4, -0.2) is 50.0 Å². The van der Waals surface area contributed by atoms with Crippen molar-refractivity contribution in [3.8, 4) is 0 Å². The van der Waals surface area contributed by atoms with Gasteiger partial charge in [0.15, 0.2) is 5.76 Å². The Morgan fingerprint density at radius 1 is 1.39 bits per heavy atom. The molecule has 8 nitrogen and oxygen atoms in total. The smallest absolute Gasteiger partial charge is 0.271 e. The fourth-order valence-corrected chi connectivity index (χ4v) is 4.42. The SMILES string of the molecule is CCc1cc(CN2CC[C@](NC(=O)c3c(Cl)cnn3C)(c3ccccc3)[C@H](O)C2)on1. The van der Waals surface area contributed by atoms with E-state index < -0.39 is 11.6 Å². The number of halogens is 1. The van der Waals surface area contributed by atoms with Crippen LogP contribution in [0.2, 0.25) is 5.02 Å². The van der Waals surface area contributed by atoms with Crippen LogP contribution >= 0.6 is 11.6 Å². The minimum absolute atomic E-state index is 0.264. The van der Waals surface area contributed by atoms with Crippen molar-refractivity contribution in [2.24, 2.45) is 7.05 Å². The molecular formula is C22H26ClN5O3. The highest BCUT2D eigenvalue weighted by Gasteiger charge is 2.45. The molecule has 3 aromatic rings. The lowest BCUT2D eigenvalue weighted by atomic mass is 9.78. The van der Waals surface area contributed by atoms with Crippen molar-refractivity contribution in [2.75, 3.05) is 13.1 Å². The molecular weight excluding hydrogens is 418 g/mol. The maximum absolute atomic E-state index is 13.1. The number of likely N-dealkylation sites (tertiary alicyclic amines) is 1. The summed E-state index contributed by atoms with van der Waals surface area (Å²) in [5, 5.41) is 22.7. The van der Waals surface area contributed by atoms with Crippen molar-refractivity contribution < 1.29 is 14.4 Å². The number of carbonyl (C=O) groups is 1. The van der Waals surface area contributed by atoms with Crippen molar-refractivity contribution in [1.82, 2.24) is 25.2 Å². The molecule has 31 heavy (non-hydrogen) atoms. The molecule has 164 valence electrons. The predicted molar refractivity (Wildman–Crippen MR) is 116 cm³/mol. The van der Waals surface area contributed by atoms with E-state index in [1.165, 1.54) is 10.9 Å². The van der Waals surface area contributed by atoms with E-state index >= 15 is 0 Å². The summed E-state index contributed by atoms with van der Waals surface area (Å²) in [7, 11) is 1.66. The monoisotopic (exact) mass is 443 g/mol. The number of aryl methyl sites for hydroxylation is 2. The third kappa shape index (κ3) is 4.23. The summed E-state index contributed by atoms with van der Waals surface area (Å²) in [5.41, 5.74) is 1.08. The summed E-state index contributed by atoms with van der Waals surface area (Å²) in [5.74, 6) is 0.395. The topological polar surface area (TPSA) is 96.4 Å². The minimum atomic E-state index is -0.946. The fraction of sp³-hybridized carbons (Fsp3) is 0.409. The van der Waals surface area contributed by atoms with E-state index in [4.69, 9.17) is 16.1 Å².